The van der Waals surface area contributed by atoms with Gasteiger partial charge in [0.2, 0.25) is 0 Å². The Balaban J connectivity index is 2.04. The second kappa shape index (κ2) is 11.7. The van der Waals surface area contributed by atoms with Gasteiger partial charge in [-0.2, -0.15) is 0 Å². The summed E-state index contributed by atoms with van der Waals surface area (Å²) in [6, 6.07) is 13.5. The molecule has 3 rings (SSSR count). The molecule has 0 saturated carbocycles. The van der Waals surface area contributed by atoms with Gasteiger partial charge in [0.25, 0.3) is 11.7 Å². The van der Waals surface area contributed by atoms with Crippen LogP contribution in [0.3, 0.4) is 0 Å². The van der Waals surface area contributed by atoms with Crippen LogP contribution >= 0.6 is 0 Å². The number of carbonyl (C=O) groups is 2. The molecule has 0 aromatic heterocycles. The fraction of sp³-hybridized carbons (Fsp3) is 0.407. The number of benzene rings is 2. The predicted octanol–water partition coefficient (Wildman–Crippen LogP) is 4.25. The van der Waals surface area contributed by atoms with E-state index in [-0.39, 0.29) is 11.3 Å². The highest BCUT2D eigenvalue weighted by molar-refractivity contribution is 6.46. The lowest BCUT2D eigenvalue weighted by Gasteiger charge is -2.28. The predicted molar refractivity (Wildman–Crippen MR) is 132 cm³/mol. The Bertz CT molecular complexity index is 1010. The molecule has 182 valence electrons. The minimum atomic E-state index is -0.683. The van der Waals surface area contributed by atoms with E-state index in [0.29, 0.717) is 43.4 Å². The zero-order valence-electron chi connectivity index (χ0n) is 20.4. The Morgan fingerprint density at radius 2 is 1.41 bits per heavy atom. The smallest absolute Gasteiger partial charge is 0.295 e. The molecule has 1 N–H and O–H groups in total. The lowest BCUT2D eigenvalue weighted by molar-refractivity contribution is -0.140. The largest absolute Gasteiger partial charge is 0.507 e. The van der Waals surface area contributed by atoms with Gasteiger partial charge in [0.05, 0.1) is 24.8 Å². The van der Waals surface area contributed by atoms with Gasteiger partial charge in [-0.05, 0) is 68.9 Å². The van der Waals surface area contributed by atoms with Crippen molar-refractivity contribution in [3.63, 3.8) is 0 Å². The van der Waals surface area contributed by atoms with Crippen molar-refractivity contribution in [2.45, 2.75) is 33.7 Å². The van der Waals surface area contributed by atoms with Crippen LogP contribution in [0, 0.1) is 0 Å². The summed E-state index contributed by atoms with van der Waals surface area (Å²) in [6.07, 6.45) is 0. The van der Waals surface area contributed by atoms with Crippen molar-refractivity contribution in [3.05, 3.63) is 65.2 Å². The second-order valence-corrected chi connectivity index (χ2v) is 7.98. The Kier molecular flexibility index (Phi) is 8.71. The van der Waals surface area contributed by atoms with E-state index in [0.717, 1.165) is 18.7 Å². The number of amides is 1. The topological polar surface area (TPSA) is 79.3 Å². The Morgan fingerprint density at radius 3 is 1.91 bits per heavy atom. The number of aliphatic hydroxyl groups excluding tert-OH is 1. The molecule has 1 amide bonds. The number of nitrogens with zero attached hydrogens (tertiary/aromatic N) is 2. The molecular weight excluding hydrogens is 432 g/mol. The monoisotopic (exact) mass is 466 g/mol. The molecule has 1 atom stereocenters. The summed E-state index contributed by atoms with van der Waals surface area (Å²) in [7, 11) is 0. The first-order chi connectivity index (χ1) is 16.4. The fourth-order valence-corrected chi connectivity index (χ4v) is 4.19. The quantitative estimate of drug-likeness (QED) is 0.303. The van der Waals surface area contributed by atoms with Gasteiger partial charge in [-0.15, -0.1) is 0 Å². The van der Waals surface area contributed by atoms with Gasteiger partial charge in [0, 0.05) is 18.7 Å². The average molecular weight is 467 g/mol. The SMILES string of the molecule is CCOc1ccc(C(O)=C2C(=O)C(=O)N(CCN(CC)CC)[C@@H]2c2ccc(OCC)cc2)cc1. The van der Waals surface area contributed by atoms with E-state index < -0.39 is 17.7 Å². The van der Waals surface area contributed by atoms with Crippen molar-refractivity contribution in [2.75, 3.05) is 39.4 Å². The number of hydrogen-bond acceptors (Lipinski definition) is 6. The average Bonchev–Trinajstić information content (AvgIpc) is 3.10. The van der Waals surface area contributed by atoms with Crippen LogP contribution in [0.5, 0.6) is 11.5 Å². The van der Waals surface area contributed by atoms with Gasteiger partial charge < -0.3 is 24.4 Å². The molecule has 1 aliphatic rings. The van der Waals surface area contributed by atoms with Crippen molar-refractivity contribution in [2.24, 2.45) is 0 Å². The summed E-state index contributed by atoms with van der Waals surface area (Å²) in [5.41, 5.74) is 1.30. The van der Waals surface area contributed by atoms with E-state index in [9.17, 15) is 14.7 Å². The summed E-state index contributed by atoms with van der Waals surface area (Å²) in [5, 5.41) is 11.2. The van der Waals surface area contributed by atoms with Gasteiger partial charge >= 0.3 is 0 Å². The number of Topliss-reactive ketones (excluding diaryl/α,β-unsaturated/α-hetero) is 1. The zero-order valence-corrected chi connectivity index (χ0v) is 20.4. The van der Waals surface area contributed by atoms with E-state index in [1.165, 1.54) is 0 Å². The molecule has 2 aromatic rings. The molecule has 7 nitrogen and oxygen atoms in total. The Labute approximate surface area is 201 Å². The van der Waals surface area contributed by atoms with Crippen LogP contribution in [0.2, 0.25) is 0 Å². The van der Waals surface area contributed by atoms with Crippen LogP contribution in [0.25, 0.3) is 5.76 Å². The maximum Gasteiger partial charge on any atom is 0.295 e. The normalized spacial score (nSPS) is 17.4. The summed E-state index contributed by atoms with van der Waals surface area (Å²) >= 11 is 0. The number of rotatable bonds is 11. The lowest BCUT2D eigenvalue weighted by atomic mass is 9.95. The first kappa shape index (κ1) is 25.3. The standard InChI is InChI=1S/C27H34N2O5/c1-5-28(6-2)17-18-29-24(19-9-13-21(14-10-19)33-7-3)23(26(31)27(29)32)25(30)20-11-15-22(16-12-20)34-8-4/h9-16,24,30H,5-8,17-18H2,1-4H3/t24-/m1/s1. The van der Waals surface area contributed by atoms with E-state index in [2.05, 4.69) is 18.7 Å². The first-order valence-corrected chi connectivity index (χ1v) is 11.9. The molecule has 0 spiro atoms. The number of likely N-dealkylation sites (tertiary alicyclic amines) is 1. The molecule has 34 heavy (non-hydrogen) atoms. The molecule has 1 heterocycles. The van der Waals surface area contributed by atoms with Gasteiger partial charge in [-0.1, -0.05) is 26.0 Å². The van der Waals surface area contributed by atoms with Crippen molar-refractivity contribution in [1.82, 2.24) is 9.80 Å². The van der Waals surface area contributed by atoms with Gasteiger partial charge in [-0.25, -0.2) is 0 Å². The zero-order chi connectivity index (χ0) is 24.7. The highest BCUT2D eigenvalue weighted by atomic mass is 16.5. The van der Waals surface area contributed by atoms with E-state index in [4.69, 9.17) is 9.47 Å². The highest BCUT2D eigenvalue weighted by Gasteiger charge is 2.45. The third-order valence-corrected chi connectivity index (χ3v) is 6.04. The minimum Gasteiger partial charge on any atom is -0.507 e. The summed E-state index contributed by atoms with van der Waals surface area (Å²) in [4.78, 5) is 30.0. The van der Waals surface area contributed by atoms with Crippen LogP contribution in [0.15, 0.2) is 54.1 Å². The minimum absolute atomic E-state index is 0.0952. The molecule has 1 aliphatic heterocycles. The van der Waals surface area contributed by atoms with Crippen LogP contribution in [0.4, 0.5) is 0 Å². The van der Waals surface area contributed by atoms with Gasteiger partial charge in [0.1, 0.15) is 17.3 Å². The maximum absolute atomic E-state index is 13.2. The summed E-state index contributed by atoms with van der Waals surface area (Å²) in [5.74, 6) is -0.0893. The number of likely N-dealkylation sites (N-methyl/N-ethyl adjacent to an activating group) is 1. The van der Waals surface area contributed by atoms with E-state index in [1.54, 1.807) is 29.2 Å². The number of ketones is 1. The van der Waals surface area contributed by atoms with E-state index >= 15 is 0 Å². The highest BCUT2D eigenvalue weighted by Crippen LogP contribution is 2.39. The van der Waals surface area contributed by atoms with Crippen molar-refractivity contribution < 1.29 is 24.2 Å². The summed E-state index contributed by atoms with van der Waals surface area (Å²) in [6.45, 7) is 11.7. The molecule has 1 fully saturated rings. The van der Waals surface area contributed by atoms with Crippen LogP contribution in [0.1, 0.15) is 44.9 Å². The van der Waals surface area contributed by atoms with E-state index in [1.807, 2.05) is 38.1 Å². The van der Waals surface area contributed by atoms with Crippen LogP contribution < -0.4 is 9.47 Å². The molecule has 0 radical (unpaired) electrons. The molecule has 0 unspecified atom stereocenters. The van der Waals surface area contributed by atoms with Crippen LogP contribution in [-0.4, -0.2) is 66.0 Å². The lowest BCUT2D eigenvalue weighted by Crippen LogP contribution is -2.38. The van der Waals surface area contributed by atoms with Crippen LogP contribution in [-0.2, 0) is 9.59 Å². The molecule has 0 aliphatic carbocycles. The molecule has 0 bridgehead atoms. The Hall–Kier alpha value is -3.32. The number of carbonyl (C=O) groups excluding carboxylic acids is 2. The van der Waals surface area contributed by atoms with Crippen molar-refractivity contribution in [1.29, 1.82) is 0 Å². The molecular formula is C27H34N2O5. The van der Waals surface area contributed by atoms with Gasteiger partial charge in [0.15, 0.2) is 0 Å². The number of aliphatic hydroxyl groups is 1. The molecule has 2 aromatic carbocycles. The Morgan fingerprint density at radius 1 is 0.882 bits per heavy atom. The molecule has 1 saturated heterocycles. The molecule has 7 heteroatoms. The summed E-state index contributed by atoms with van der Waals surface area (Å²) < 4.78 is 11.0. The maximum atomic E-state index is 13.2. The number of ether oxygens (including phenoxy) is 2. The first-order valence-electron chi connectivity index (χ1n) is 11.9. The fourth-order valence-electron chi connectivity index (χ4n) is 4.19. The van der Waals surface area contributed by atoms with Crippen molar-refractivity contribution in [3.8, 4) is 11.5 Å². The third-order valence-electron chi connectivity index (χ3n) is 6.04. The van der Waals surface area contributed by atoms with Crippen molar-refractivity contribution >= 4 is 17.4 Å². The second-order valence-electron chi connectivity index (χ2n) is 7.98. The van der Waals surface area contributed by atoms with Gasteiger partial charge in [-0.3, -0.25) is 9.59 Å². The number of hydrogen-bond donors (Lipinski definition) is 1. The third kappa shape index (κ3) is 5.42.